The molecule has 1 aromatic carbocycles. The van der Waals surface area contributed by atoms with Gasteiger partial charge in [-0.1, -0.05) is 19.9 Å². The van der Waals surface area contributed by atoms with Gasteiger partial charge in [0.15, 0.2) is 5.75 Å². The summed E-state index contributed by atoms with van der Waals surface area (Å²) in [7, 11) is 0. The van der Waals surface area contributed by atoms with E-state index in [0.29, 0.717) is 18.4 Å². The van der Waals surface area contributed by atoms with Crippen molar-refractivity contribution in [2.75, 3.05) is 13.2 Å². The Morgan fingerprint density at radius 3 is 2.65 bits per heavy atom. The van der Waals surface area contributed by atoms with E-state index in [1.807, 2.05) is 13.0 Å². The number of nitrogens with zero attached hydrogens (tertiary/aromatic N) is 1. The average Bonchev–Trinajstić information content (AvgIpc) is 2.43. The second-order valence-corrected chi connectivity index (χ2v) is 4.76. The molecular weight excluding hydrogens is 256 g/mol. The van der Waals surface area contributed by atoms with Gasteiger partial charge in [0.1, 0.15) is 0 Å². The van der Waals surface area contributed by atoms with E-state index in [1.165, 1.54) is 6.07 Å². The minimum atomic E-state index is -0.401. The van der Waals surface area contributed by atoms with Gasteiger partial charge in [-0.3, -0.25) is 10.1 Å². The third-order valence-corrected chi connectivity index (χ3v) is 3.18. The van der Waals surface area contributed by atoms with Gasteiger partial charge in [-0.2, -0.15) is 0 Å². The summed E-state index contributed by atoms with van der Waals surface area (Å²) in [5, 5.41) is 14.4. The number of hydrogen-bond donors (Lipinski definition) is 1. The maximum Gasteiger partial charge on any atom is 0.310 e. The third kappa shape index (κ3) is 4.81. The van der Waals surface area contributed by atoms with E-state index in [1.54, 1.807) is 6.07 Å². The van der Waals surface area contributed by atoms with Crippen LogP contribution in [0, 0.1) is 10.1 Å². The van der Waals surface area contributed by atoms with Crippen molar-refractivity contribution >= 4 is 5.69 Å². The van der Waals surface area contributed by atoms with Crippen LogP contribution in [0.1, 0.15) is 39.2 Å². The zero-order valence-corrected chi connectivity index (χ0v) is 12.5. The Kier molecular flexibility index (Phi) is 7.01. The predicted molar refractivity (Wildman–Crippen MR) is 80.3 cm³/mol. The number of rotatable bonds is 9. The molecule has 1 aromatic rings. The maximum atomic E-state index is 10.9. The first-order valence-corrected chi connectivity index (χ1v) is 7.25. The summed E-state index contributed by atoms with van der Waals surface area (Å²) in [6.07, 6.45) is 2.98. The summed E-state index contributed by atoms with van der Waals surface area (Å²) in [4.78, 5) is 10.5. The van der Waals surface area contributed by atoms with Crippen LogP contribution >= 0.6 is 0 Å². The van der Waals surface area contributed by atoms with Crippen molar-refractivity contribution in [2.45, 2.75) is 46.1 Å². The minimum absolute atomic E-state index is 0.0326. The van der Waals surface area contributed by atoms with Crippen LogP contribution < -0.4 is 10.1 Å². The van der Waals surface area contributed by atoms with Gasteiger partial charge < -0.3 is 10.1 Å². The van der Waals surface area contributed by atoms with E-state index in [4.69, 9.17) is 4.74 Å². The topological polar surface area (TPSA) is 64.4 Å². The molecule has 1 rings (SSSR count). The molecule has 1 unspecified atom stereocenters. The molecule has 0 amide bonds. The molecular formula is C15H24N2O3. The molecule has 20 heavy (non-hydrogen) atoms. The van der Waals surface area contributed by atoms with Gasteiger partial charge in [0, 0.05) is 12.1 Å². The van der Waals surface area contributed by atoms with E-state index in [2.05, 4.69) is 19.2 Å². The van der Waals surface area contributed by atoms with Crippen molar-refractivity contribution in [3.05, 3.63) is 33.9 Å². The first kappa shape index (κ1) is 16.4. The molecule has 1 N–H and O–H groups in total. The van der Waals surface area contributed by atoms with Gasteiger partial charge in [0.25, 0.3) is 0 Å². The first-order valence-electron chi connectivity index (χ1n) is 7.25. The molecule has 1 atom stereocenters. The van der Waals surface area contributed by atoms with Crippen molar-refractivity contribution in [2.24, 2.45) is 0 Å². The number of ether oxygens (including phenoxy) is 1. The molecule has 0 radical (unpaired) electrons. The lowest BCUT2D eigenvalue weighted by atomic mass is 10.0. The molecule has 0 aliphatic carbocycles. The molecule has 0 aromatic heterocycles. The summed E-state index contributed by atoms with van der Waals surface area (Å²) < 4.78 is 5.37. The third-order valence-electron chi connectivity index (χ3n) is 3.18. The smallest absolute Gasteiger partial charge is 0.310 e. The van der Waals surface area contributed by atoms with Gasteiger partial charge in [0.2, 0.25) is 0 Å². The minimum Gasteiger partial charge on any atom is -0.487 e. The number of nitro benzene ring substituents is 1. The molecule has 5 nitrogen and oxygen atoms in total. The van der Waals surface area contributed by atoms with E-state index in [0.717, 1.165) is 31.4 Å². The van der Waals surface area contributed by atoms with Crippen molar-refractivity contribution in [1.82, 2.24) is 5.32 Å². The highest BCUT2D eigenvalue weighted by molar-refractivity contribution is 5.48. The largest absolute Gasteiger partial charge is 0.487 e. The van der Waals surface area contributed by atoms with E-state index >= 15 is 0 Å². The summed E-state index contributed by atoms with van der Waals surface area (Å²) in [5.41, 5.74) is 1.10. The Hall–Kier alpha value is -1.62. The molecule has 0 heterocycles. The lowest BCUT2D eigenvalue weighted by Crippen LogP contribution is -2.31. The predicted octanol–water partition coefficient (Wildman–Crippen LogP) is 3.31. The van der Waals surface area contributed by atoms with Crippen LogP contribution in [0.4, 0.5) is 5.69 Å². The molecule has 112 valence electrons. The average molecular weight is 280 g/mol. The van der Waals surface area contributed by atoms with Gasteiger partial charge in [0.05, 0.1) is 11.5 Å². The van der Waals surface area contributed by atoms with E-state index < -0.39 is 4.92 Å². The second-order valence-electron chi connectivity index (χ2n) is 4.76. The Labute approximate surface area is 120 Å². The number of hydrogen-bond acceptors (Lipinski definition) is 4. The quantitative estimate of drug-likeness (QED) is 0.556. The summed E-state index contributed by atoms with van der Waals surface area (Å²) in [6, 6.07) is 5.53. The van der Waals surface area contributed by atoms with Crippen LogP contribution in [0.15, 0.2) is 18.2 Å². The Balaban J connectivity index is 2.84. The second kappa shape index (κ2) is 8.53. The molecule has 0 aliphatic rings. The highest BCUT2D eigenvalue weighted by Gasteiger charge is 2.16. The van der Waals surface area contributed by atoms with Gasteiger partial charge in [-0.05, 0) is 44.4 Å². The van der Waals surface area contributed by atoms with Gasteiger partial charge in [-0.25, -0.2) is 0 Å². The van der Waals surface area contributed by atoms with Crippen LogP contribution in [0.2, 0.25) is 0 Å². The maximum absolute atomic E-state index is 10.9. The monoisotopic (exact) mass is 280 g/mol. The number of nitro groups is 1. The van der Waals surface area contributed by atoms with Crippen LogP contribution in [0.5, 0.6) is 5.75 Å². The van der Waals surface area contributed by atoms with Crippen LogP contribution in [-0.2, 0) is 6.42 Å². The molecule has 5 heteroatoms. The molecule has 0 saturated heterocycles. The molecule has 0 fully saturated rings. The lowest BCUT2D eigenvalue weighted by molar-refractivity contribution is -0.385. The normalized spacial score (nSPS) is 12.2. The van der Waals surface area contributed by atoms with Crippen LogP contribution in [0.3, 0.4) is 0 Å². The number of nitrogens with one attached hydrogen (secondary N) is 1. The summed E-state index contributed by atoms with van der Waals surface area (Å²) in [6.45, 7) is 7.52. The molecule has 0 aliphatic heterocycles. The van der Waals surface area contributed by atoms with Gasteiger partial charge in [-0.15, -0.1) is 0 Å². The van der Waals surface area contributed by atoms with Crippen LogP contribution in [-0.4, -0.2) is 24.1 Å². The SMILES string of the molecule is CCCNC(CC)Cc1ccc([N+](=O)[O-])c(OCC)c1. The molecule has 0 spiro atoms. The van der Waals surface area contributed by atoms with Crippen molar-refractivity contribution < 1.29 is 9.66 Å². The molecule has 0 saturated carbocycles. The fraction of sp³-hybridized carbons (Fsp3) is 0.600. The van der Waals surface area contributed by atoms with E-state index in [9.17, 15) is 10.1 Å². The van der Waals surface area contributed by atoms with Crippen molar-refractivity contribution in [3.8, 4) is 5.75 Å². The van der Waals surface area contributed by atoms with Crippen molar-refractivity contribution in [3.63, 3.8) is 0 Å². The molecule has 0 bridgehead atoms. The zero-order valence-electron chi connectivity index (χ0n) is 12.5. The Morgan fingerprint density at radius 2 is 2.10 bits per heavy atom. The van der Waals surface area contributed by atoms with Crippen LogP contribution in [0.25, 0.3) is 0 Å². The highest BCUT2D eigenvalue weighted by Crippen LogP contribution is 2.28. The fourth-order valence-electron chi connectivity index (χ4n) is 2.10. The standard InChI is InChI=1S/C15H24N2O3/c1-4-9-16-13(5-2)10-12-7-8-14(17(18)19)15(11-12)20-6-3/h7-8,11,13,16H,4-6,9-10H2,1-3H3. The lowest BCUT2D eigenvalue weighted by Gasteiger charge is -2.17. The Morgan fingerprint density at radius 1 is 1.35 bits per heavy atom. The zero-order chi connectivity index (χ0) is 15.0. The fourth-order valence-corrected chi connectivity index (χ4v) is 2.10. The number of benzene rings is 1. The Bertz CT molecular complexity index is 435. The summed E-state index contributed by atoms with van der Waals surface area (Å²) in [5.74, 6) is 0.361. The van der Waals surface area contributed by atoms with Gasteiger partial charge >= 0.3 is 5.69 Å². The highest BCUT2D eigenvalue weighted by atomic mass is 16.6. The first-order chi connectivity index (χ1) is 9.62. The van der Waals surface area contributed by atoms with Crippen molar-refractivity contribution in [1.29, 1.82) is 0 Å². The summed E-state index contributed by atoms with van der Waals surface area (Å²) >= 11 is 0. The van der Waals surface area contributed by atoms with E-state index in [-0.39, 0.29) is 5.69 Å².